The van der Waals surface area contributed by atoms with Crippen molar-refractivity contribution in [1.29, 1.82) is 0 Å². The van der Waals surface area contributed by atoms with Crippen LogP contribution in [0, 0.1) is 12.7 Å². The molecule has 1 heterocycles. The second-order valence-corrected chi connectivity index (χ2v) is 7.02. The lowest BCUT2D eigenvalue weighted by Crippen LogP contribution is -2.24. The van der Waals surface area contributed by atoms with Crippen LogP contribution in [0.5, 0.6) is 0 Å². The van der Waals surface area contributed by atoms with Crippen molar-refractivity contribution in [2.75, 3.05) is 5.73 Å². The average Bonchev–Trinajstić information content (AvgIpc) is 2.84. The Kier molecular flexibility index (Phi) is 4.57. The van der Waals surface area contributed by atoms with Crippen molar-refractivity contribution in [3.8, 4) is 0 Å². The third kappa shape index (κ3) is 3.37. The number of halogens is 3. The van der Waals surface area contributed by atoms with Gasteiger partial charge in [0.15, 0.2) is 5.82 Å². The van der Waals surface area contributed by atoms with Crippen LogP contribution in [0.1, 0.15) is 11.7 Å². The van der Waals surface area contributed by atoms with Gasteiger partial charge in [0.05, 0.1) is 27.9 Å². The van der Waals surface area contributed by atoms with Gasteiger partial charge < -0.3 is 10.2 Å². The molecule has 2 rings (SSSR count). The van der Waals surface area contributed by atoms with Crippen LogP contribution in [-0.2, 0) is 16.6 Å². The first-order chi connectivity index (χ1) is 9.72. The number of nitrogens with zero attached hydrogens (tertiary/aromatic N) is 1. The van der Waals surface area contributed by atoms with Gasteiger partial charge in [-0.25, -0.2) is 22.5 Å². The maximum atomic E-state index is 14.0. The zero-order chi connectivity index (χ0) is 15.8. The lowest BCUT2D eigenvalue weighted by Gasteiger charge is -2.10. The summed E-state index contributed by atoms with van der Waals surface area (Å²) < 4.78 is 45.6. The van der Waals surface area contributed by atoms with Gasteiger partial charge in [0.25, 0.3) is 0 Å². The summed E-state index contributed by atoms with van der Waals surface area (Å²) in [4.78, 5) is 3.20. The van der Waals surface area contributed by atoms with E-state index in [4.69, 9.17) is 21.8 Å². The topological polar surface area (TPSA) is 98.2 Å². The van der Waals surface area contributed by atoms with Crippen LogP contribution in [0.25, 0.3) is 0 Å². The van der Waals surface area contributed by atoms with Crippen molar-refractivity contribution in [2.45, 2.75) is 18.4 Å². The Morgan fingerprint density at radius 1 is 1.57 bits per heavy atom. The monoisotopic (exact) mass is 397 g/mol. The highest BCUT2D eigenvalue weighted by atomic mass is 79.9. The molecule has 21 heavy (non-hydrogen) atoms. The highest BCUT2D eigenvalue weighted by molar-refractivity contribution is 9.10. The van der Waals surface area contributed by atoms with Gasteiger partial charge in [-0.1, -0.05) is 11.6 Å². The molecule has 0 saturated carbocycles. The van der Waals surface area contributed by atoms with Crippen molar-refractivity contribution in [3.05, 3.63) is 39.2 Å². The van der Waals surface area contributed by atoms with E-state index in [9.17, 15) is 12.8 Å². The van der Waals surface area contributed by atoms with Crippen LogP contribution in [0.4, 0.5) is 10.1 Å². The van der Waals surface area contributed by atoms with Crippen LogP contribution in [0.3, 0.4) is 0 Å². The van der Waals surface area contributed by atoms with E-state index < -0.39 is 20.7 Å². The number of aromatic nitrogens is 1. The summed E-state index contributed by atoms with van der Waals surface area (Å²) in [5, 5.41) is -0.0127. The quantitative estimate of drug-likeness (QED) is 0.609. The molecule has 6 nitrogen and oxygen atoms in total. The molecule has 0 aliphatic rings. The number of rotatable bonds is 4. The number of hydrogen-bond acceptors (Lipinski definition) is 5. The Morgan fingerprint density at radius 3 is 2.81 bits per heavy atom. The van der Waals surface area contributed by atoms with Crippen LogP contribution in [0.2, 0.25) is 5.02 Å². The first-order valence-corrected chi connectivity index (χ1v) is 8.21. The molecule has 2 aromatic rings. The fraction of sp³-hybridized carbons (Fsp3) is 0.182. The van der Waals surface area contributed by atoms with Crippen molar-refractivity contribution >= 4 is 43.2 Å². The number of aryl methyl sites for hydroxylation is 1. The van der Waals surface area contributed by atoms with E-state index >= 15 is 0 Å². The fourth-order valence-electron chi connectivity index (χ4n) is 1.51. The Labute approximate surface area is 133 Å². The number of oxazole rings is 1. The van der Waals surface area contributed by atoms with Crippen LogP contribution < -0.4 is 10.5 Å². The number of anilines is 1. The number of nitrogens with one attached hydrogen (secondary N) is 1. The van der Waals surface area contributed by atoms with Gasteiger partial charge in [0.2, 0.25) is 15.9 Å². The van der Waals surface area contributed by atoms with Crippen molar-refractivity contribution in [1.82, 2.24) is 9.71 Å². The van der Waals surface area contributed by atoms with Gasteiger partial charge in [0, 0.05) is 0 Å². The van der Waals surface area contributed by atoms with Gasteiger partial charge in [-0.3, -0.25) is 0 Å². The summed E-state index contributed by atoms with van der Waals surface area (Å²) in [5.74, 6) is -0.388. The number of nitrogens with two attached hydrogens (primary N) is 1. The molecule has 0 radical (unpaired) electrons. The summed E-state index contributed by atoms with van der Waals surface area (Å²) in [7, 11) is -4.15. The summed E-state index contributed by atoms with van der Waals surface area (Å²) in [6.45, 7) is 1.45. The van der Waals surface area contributed by atoms with E-state index in [0.29, 0.717) is 5.76 Å². The smallest absolute Gasteiger partial charge is 0.244 e. The molecular formula is C11H10BrClFN3O3S. The second kappa shape index (κ2) is 5.91. The molecule has 114 valence electrons. The Hall–Kier alpha value is -1.16. The van der Waals surface area contributed by atoms with E-state index in [1.165, 1.54) is 6.20 Å². The molecule has 0 aliphatic carbocycles. The predicted octanol–water partition coefficient (Wildman–Crippen LogP) is 2.60. The summed E-state index contributed by atoms with van der Waals surface area (Å²) >= 11 is 8.77. The summed E-state index contributed by atoms with van der Waals surface area (Å²) in [6.07, 6.45) is 1.44. The highest BCUT2D eigenvalue weighted by Gasteiger charge is 2.24. The molecule has 0 fully saturated rings. The Bertz CT molecular complexity index is 794. The SMILES string of the molecule is Cc1cnc(CNS(=O)(=O)c2cc(Cl)c(Br)c(N)c2F)o1. The van der Waals surface area contributed by atoms with Crippen molar-refractivity contribution in [3.63, 3.8) is 0 Å². The normalized spacial score (nSPS) is 11.8. The maximum absolute atomic E-state index is 14.0. The molecular weight excluding hydrogens is 389 g/mol. The number of nitrogen functional groups attached to an aromatic ring is 1. The minimum absolute atomic E-state index is 0.0127. The fourth-order valence-corrected chi connectivity index (χ4v) is 3.16. The van der Waals surface area contributed by atoms with E-state index in [1.807, 2.05) is 0 Å². The van der Waals surface area contributed by atoms with Crippen LogP contribution >= 0.6 is 27.5 Å². The third-order valence-corrected chi connectivity index (χ3v) is 5.31. The molecule has 3 N–H and O–H groups in total. The summed E-state index contributed by atoms with van der Waals surface area (Å²) in [6, 6.07) is 0.973. The highest BCUT2D eigenvalue weighted by Crippen LogP contribution is 2.34. The molecule has 0 amide bonds. The van der Waals surface area contributed by atoms with E-state index in [-0.39, 0.29) is 27.6 Å². The molecule has 0 saturated heterocycles. The zero-order valence-electron chi connectivity index (χ0n) is 10.7. The standard InChI is InChI=1S/C11H10BrClFN3O3S/c1-5-3-16-8(20-5)4-17-21(18,19)7-2-6(13)9(12)11(15)10(7)14/h2-3,17H,4,15H2,1H3. The maximum Gasteiger partial charge on any atom is 0.244 e. The number of sulfonamides is 1. The van der Waals surface area contributed by atoms with Gasteiger partial charge in [-0.05, 0) is 28.9 Å². The molecule has 0 unspecified atom stereocenters. The number of hydrogen-bond donors (Lipinski definition) is 2. The average molecular weight is 399 g/mol. The first kappa shape index (κ1) is 16.2. The lowest BCUT2D eigenvalue weighted by atomic mass is 10.3. The van der Waals surface area contributed by atoms with Crippen LogP contribution in [0.15, 0.2) is 26.0 Å². The van der Waals surface area contributed by atoms with Crippen molar-refractivity contribution < 1.29 is 17.2 Å². The lowest BCUT2D eigenvalue weighted by molar-refractivity contribution is 0.462. The Balaban J connectivity index is 2.32. The molecule has 0 spiro atoms. The van der Waals surface area contributed by atoms with Gasteiger partial charge in [-0.15, -0.1) is 0 Å². The minimum Gasteiger partial charge on any atom is -0.445 e. The molecule has 10 heteroatoms. The first-order valence-electron chi connectivity index (χ1n) is 5.56. The van der Waals surface area contributed by atoms with Gasteiger partial charge >= 0.3 is 0 Å². The zero-order valence-corrected chi connectivity index (χ0v) is 13.8. The van der Waals surface area contributed by atoms with E-state index in [2.05, 4.69) is 25.6 Å². The molecule has 0 bridgehead atoms. The predicted molar refractivity (Wildman–Crippen MR) is 78.8 cm³/mol. The second-order valence-electron chi connectivity index (χ2n) is 4.09. The minimum atomic E-state index is -4.15. The Morgan fingerprint density at radius 2 is 2.24 bits per heavy atom. The molecule has 1 aromatic heterocycles. The largest absolute Gasteiger partial charge is 0.445 e. The molecule has 1 aromatic carbocycles. The van der Waals surface area contributed by atoms with Crippen LogP contribution in [-0.4, -0.2) is 13.4 Å². The number of benzene rings is 1. The summed E-state index contributed by atoms with van der Waals surface area (Å²) in [5.41, 5.74) is 5.08. The van der Waals surface area contributed by atoms with E-state index in [1.54, 1.807) is 6.92 Å². The third-order valence-electron chi connectivity index (χ3n) is 2.53. The van der Waals surface area contributed by atoms with Gasteiger partial charge in [-0.2, -0.15) is 0 Å². The molecule has 0 aliphatic heterocycles. The molecule has 0 atom stereocenters. The van der Waals surface area contributed by atoms with E-state index in [0.717, 1.165) is 6.07 Å². The van der Waals surface area contributed by atoms with Crippen molar-refractivity contribution in [2.24, 2.45) is 0 Å². The van der Waals surface area contributed by atoms with Gasteiger partial charge in [0.1, 0.15) is 10.7 Å².